The Bertz CT molecular complexity index is 893. The minimum atomic E-state index is 0. The maximum Gasteiger partial charge on any atom is 0.216 e. The van der Waals surface area contributed by atoms with Crippen LogP contribution in [0.25, 0.3) is 10.9 Å². The van der Waals surface area contributed by atoms with E-state index in [0.717, 1.165) is 36.9 Å². The van der Waals surface area contributed by atoms with E-state index in [1.54, 1.807) is 0 Å². The zero-order valence-electron chi connectivity index (χ0n) is 16.3. The lowest BCUT2D eigenvalue weighted by atomic mass is 10.1. The van der Waals surface area contributed by atoms with Crippen molar-refractivity contribution in [2.45, 2.75) is 40.7 Å². The molecule has 0 saturated carbocycles. The van der Waals surface area contributed by atoms with E-state index in [2.05, 4.69) is 63.7 Å². The standard InChI is InChI=1S/C20H27N5O.HI/c1-5-21-20(23-12-19-25-13(2)15(4)26-19)22-11-10-16-14(3)24-18-9-7-6-8-17(16)18;/h6-9,24H,5,10-12H2,1-4H3,(H2,21,22,23);1H. The highest BCUT2D eigenvalue weighted by Gasteiger charge is 2.08. The number of hydrogen-bond donors (Lipinski definition) is 3. The zero-order chi connectivity index (χ0) is 18.5. The third kappa shape index (κ3) is 5.24. The number of halogens is 1. The molecular weight excluding hydrogens is 453 g/mol. The molecule has 0 aliphatic carbocycles. The van der Waals surface area contributed by atoms with E-state index < -0.39 is 0 Å². The van der Waals surface area contributed by atoms with Gasteiger partial charge in [-0.1, -0.05) is 18.2 Å². The molecule has 0 aliphatic heterocycles. The molecule has 3 rings (SSSR count). The molecule has 3 N–H and O–H groups in total. The molecule has 146 valence electrons. The summed E-state index contributed by atoms with van der Waals surface area (Å²) in [6.45, 7) is 10.1. The molecule has 0 aliphatic rings. The summed E-state index contributed by atoms with van der Waals surface area (Å²) in [5.41, 5.74) is 4.68. The topological polar surface area (TPSA) is 78.2 Å². The molecule has 2 aromatic heterocycles. The second kappa shape index (κ2) is 9.77. The molecule has 0 bridgehead atoms. The van der Waals surface area contributed by atoms with Crippen LogP contribution in [0.4, 0.5) is 0 Å². The van der Waals surface area contributed by atoms with E-state index in [4.69, 9.17) is 4.42 Å². The number of nitrogens with zero attached hydrogens (tertiary/aromatic N) is 2. The summed E-state index contributed by atoms with van der Waals surface area (Å²) in [7, 11) is 0. The molecule has 0 fully saturated rings. The number of nitrogens with one attached hydrogen (secondary N) is 3. The number of aromatic nitrogens is 2. The van der Waals surface area contributed by atoms with E-state index in [1.165, 1.54) is 22.2 Å². The van der Waals surface area contributed by atoms with E-state index in [0.29, 0.717) is 12.4 Å². The molecule has 7 heteroatoms. The van der Waals surface area contributed by atoms with Gasteiger partial charge in [0, 0.05) is 29.7 Å². The molecule has 3 aromatic rings. The van der Waals surface area contributed by atoms with Gasteiger partial charge in [0.15, 0.2) is 5.96 Å². The van der Waals surface area contributed by atoms with Gasteiger partial charge < -0.3 is 20.0 Å². The predicted molar refractivity (Wildman–Crippen MR) is 121 cm³/mol. The maximum absolute atomic E-state index is 5.59. The monoisotopic (exact) mass is 481 g/mol. The summed E-state index contributed by atoms with van der Waals surface area (Å²) in [6, 6.07) is 8.42. The lowest BCUT2D eigenvalue weighted by molar-refractivity contribution is 0.473. The fourth-order valence-electron chi connectivity index (χ4n) is 3.06. The van der Waals surface area contributed by atoms with Crippen molar-refractivity contribution in [2.24, 2.45) is 4.99 Å². The summed E-state index contributed by atoms with van der Waals surface area (Å²) in [5, 5.41) is 7.96. The van der Waals surface area contributed by atoms with Crippen LogP contribution in [0.3, 0.4) is 0 Å². The number of fused-ring (bicyclic) bond motifs is 1. The fraction of sp³-hybridized carbons (Fsp3) is 0.400. The van der Waals surface area contributed by atoms with Crippen molar-refractivity contribution >= 4 is 40.8 Å². The summed E-state index contributed by atoms with van der Waals surface area (Å²) >= 11 is 0. The van der Waals surface area contributed by atoms with Crippen LogP contribution in [0.1, 0.15) is 35.5 Å². The van der Waals surface area contributed by atoms with Crippen LogP contribution < -0.4 is 10.6 Å². The van der Waals surface area contributed by atoms with Crippen LogP contribution in [-0.4, -0.2) is 29.0 Å². The van der Waals surface area contributed by atoms with Crippen LogP contribution in [0.5, 0.6) is 0 Å². The Morgan fingerprint density at radius 1 is 1.19 bits per heavy atom. The Morgan fingerprint density at radius 3 is 2.67 bits per heavy atom. The van der Waals surface area contributed by atoms with E-state index in [1.807, 2.05) is 13.8 Å². The Kier molecular flexibility index (Phi) is 7.70. The molecule has 0 saturated heterocycles. The average Bonchev–Trinajstić information content (AvgIpc) is 3.11. The minimum absolute atomic E-state index is 0. The third-order valence-corrected chi connectivity index (χ3v) is 4.48. The molecule has 0 unspecified atom stereocenters. The summed E-state index contributed by atoms with van der Waals surface area (Å²) in [5.74, 6) is 2.27. The van der Waals surface area contributed by atoms with Crippen LogP contribution >= 0.6 is 24.0 Å². The highest BCUT2D eigenvalue weighted by Crippen LogP contribution is 2.21. The molecule has 27 heavy (non-hydrogen) atoms. The Hall–Kier alpha value is -2.03. The number of oxazole rings is 1. The smallest absolute Gasteiger partial charge is 0.216 e. The van der Waals surface area contributed by atoms with Crippen LogP contribution in [0, 0.1) is 20.8 Å². The zero-order valence-corrected chi connectivity index (χ0v) is 18.7. The van der Waals surface area contributed by atoms with Crippen molar-refractivity contribution in [1.82, 2.24) is 20.6 Å². The second-order valence-electron chi connectivity index (χ2n) is 6.40. The van der Waals surface area contributed by atoms with Crippen molar-refractivity contribution in [1.29, 1.82) is 0 Å². The van der Waals surface area contributed by atoms with Crippen molar-refractivity contribution < 1.29 is 4.42 Å². The molecular formula is C20H28IN5O. The van der Waals surface area contributed by atoms with Crippen LogP contribution in [0.2, 0.25) is 0 Å². The lowest BCUT2D eigenvalue weighted by Gasteiger charge is -2.11. The van der Waals surface area contributed by atoms with Crippen molar-refractivity contribution in [2.75, 3.05) is 13.1 Å². The molecule has 6 nitrogen and oxygen atoms in total. The number of aromatic amines is 1. The number of rotatable bonds is 6. The van der Waals surface area contributed by atoms with Gasteiger partial charge in [0.25, 0.3) is 0 Å². The highest BCUT2D eigenvalue weighted by molar-refractivity contribution is 14.0. The first-order chi connectivity index (χ1) is 12.6. The third-order valence-electron chi connectivity index (χ3n) is 4.48. The predicted octanol–water partition coefficient (Wildman–Crippen LogP) is 4.00. The van der Waals surface area contributed by atoms with Gasteiger partial charge in [0.05, 0.1) is 5.69 Å². The largest absolute Gasteiger partial charge is 0.444 e. The van der Waals surface area contributed by atoms with Gasteiger partial charge in [-0.25, -0.2) is 9.98 Å². The van der Waals surface area contributed by atoms with Gasteiger partial charge in [0.1, 0.15) is 12.3 Å². The number of guanidine groups is 1. The Morgan fingerprint density at radius 2 is 1.96 bits per heavy atom. The van der Waals surface area contributed by atoms with Crippen molar-refractivity contribution in [3.8, 4) is 0 Å². The number of aryl methyl sites for hydroxylation is 3. The molecule has 0 spiro atoms. The summed E-state index contributed by atoms with van der Waals surface area (Å²) in [6.07, 6.45) is 0.928. The molecule has 2 heterocycles. The van der Waals surface area contributed by atoms with E-state index >= 15 is 0 Å². The number of hydrogen-bond acceptors (Lipinski definition) is 3. The molecule has 1 aromatic carbocycles. The van der Waals surface area contributed by atoms with Gasteiger partial charge in [-0.05, 0) is 45.7 Å². The first-order valence-electron chi connectivity index (χ1n) is 9.09. The van der Waals surface area contributed by atoms with Gasteiger partial charge in [-0.2, -0.15) is 0 Å². The second-order valence-corrected chi connectivity index (χ2v) is 6.40. The number of aliphatic imine (C=N–C) groups is 1. The summed E-state index contributed by atoms with van der Waals surface area (Å²) in [4.78, 5) is 12.4. The van der Waals surface area contributed by atoms with Crippen molar-refractivity contribution in [3.05, 3.63) is 52.9 Å². The van der Waals surface area contributed by atoms with Crippen LogP contribution in [-0.2, 0) is 13.0 Å². The first-order valence-corrected chi connectivity index (χ1v) is 9.09. The SMILES string of the molecule is CCNC(=NCc1nc(C)c(C)o1)NCCc1c(C)[nH]c2ccccc12.I. The first kappa shape index (κ1) is 21.3. The number of benzene rings is 1. The lowest BCUT2D eigenvalue weighted by Crippen LogP contribution is -2.38. The van der Waals surface area contributed by atoms with Crippen molar-refractivity contribution in [3.63, 3.8) is 0 Å². The quantitative estimate of drug-likeness (QED) is 0.283. The Balaban J connectivity index is 0.00000261. The normalized spacial score (nSPS) is 11.5. The van der Waals surface area contributed by atoms with Gasteiger partial charge in [-0.15, -0.1) is 24.0 Å². The number of para-hydroxylation sites is 1. The fourth-order valence-corrected chi connectivity index (χ4v) is 3.06. The summed E-state index contributed by atoms with van der Waals surface area (Å²) < 4.78 is 5.59. The minimum Gasteiger partial charge on any atom is -0.444 e. The van der Waals surface area contributed by atoms with E-state index in [-0.39, 0.29) is 24.0 Å². The average molecular weight is 481 g/mol. The Labute approximate surface area is 177 Å². The maximum atomic E-state index is 5.59. The van der Waals surface area contributed by atoms with E-state index in [9.17, 15) is 0 Å². The highest BCUT2D eigenvalue weighted by atomic mass is 127. The molecule has 0 amide bonds. The molecule has 0 radical (unpaired) electrons. The van der Waals surface area contributed by atoms with Gasteiger partial charge in [0.2, 0.25) is 5.89 Å². The molecule has 0 atom stereocenters. The van der Waals surface area contributed by atoms with Gasteiger partial charge >= 0.3 is 0 Å². The van der Waals surface area contributed by atoms with Crippen LogP contribution in [0.15, 0.2) is 33.7 Å². The van der Waals surface area contributed by atoms with Gasteiger partial charge in [-0.3, -0.25) is 0 Å². The number of H-pyrrole nitrogens is 1.